The summed E-state index contributed by atoms with van der Waals surface area (Å²) in [6.45, 7) is 4.72. The molecule has 2 atom stereocenters. The van der Waals surface area contributed by atoms with Gasteiger partial charge < -0.3 is 10.4 Å². The van der Waals surface area contributed by atoms with E-state index in [2.05, 4.69) is 5.32 Å². The van der Waals surface area contributed by atoms with E-state index in [-0.39, 0.29) is 11.3 Å². The number of halogens is 2. The molecule has 1 amide bonds. The molecule has 4 nitrogen and oxygen atoms in total. The molecule has 2 N–H and O–H groups in total. The molecule has 0 radical (unpaired) electrons. The minimum absolute atomic E-state index is 0.135. The van der Waals surface area contributed by atoms with E-state index in [1.54, 1.807) is 13.8 Å². The zero-order chi connectivity index (χ0) is 15.2. The fraction of sp³-hybridized carbons (Fsp3) is 0.429. The molecule has 1 aromatic rings. The van der Waals surface area contributed by atoms with Crippen LogP contribution in [0.2, 0.25) is 0 Å². The van der Waals surface area contributed by atoms with Crippen LogP contribution in [0.25, 0.3) is 0 Å². The number of carboxylic acid groups (broad SMARTS) is 1. The highest BCUT2D eigenvalue weighted by Gasteiger charge is 2.65. The summed E-state index contributed by atoms with van der Waals surface area (Å²) < 4.78 is 27.0. The highest BCUT2D eigenvalue weighted by atomic mass is 19.1. The first kappa shape index (κ1) is 14.4. The van der Waals surface area contributed by atoms with E-state index in [4.69, 9.17) is 5.11 Å². The fourth-order valence-corrected chi connectivity index (χ4v) is 2.54. The second-order valence-electron chi connectivity index (χ2n) is 5.69. The molecule has 1 aromatic carbocycles. The molecule has 0 unspecified atom stereocenters. The third-order valence-corrected chi connectivity index (χ3v) is 3.88. The smallest absolute Gasteiger partial charge is 0.307 e. The summed E-state index contributed by atoms with van der Waals surface area (Å²) in [5.74, 6) is -4.60. The SMILES string of the molecule is Cc1cc(F)c(NC(=O)[C@H]2[C@@H](C(=O)O)C2(C)C)cc1F. The highest BCUT2D eigenvalue weighted by molar-refractivity contribution is 5.99. The van der Waals surface area contributed by atoms with Crippen molar-refractivity contribution >= 4 is 17.6 Å². The average Bonchev–Trinajstić information content (AvgIpc) is 2.89. The van der Waals surface area contributed by atoms with Crippen LogP contribution in [0.5, 0.6) is 0 Å². The second-order valence-corrected chi connectivity index (χ2v) is 5.69. The molecule has 1 aliphatic rings. The molecule has 2 rings (SSSR count). The number of carbonyl (C=O) groups excluding carboxylic acids is 1. The second kappa shape index (κ2) is 4.54. The number of carbonyl (C=O) groups is 2. The Morgan fingerprint density at radius 2 is 1.80 bits per heavy atom. The molecule has 1 aliphatic carbocycles. The van der Waals surface area contributed by atoms with Crippen LogP contribution in [0.4, 0.5) is 14.5 Å². The van der Waals surface area contributed by atoms with Gasteiger partial charge in [0.05, 0.1) is 17.5 Å². The van der Waals surface area contributed by atoms with Crippen LogP contribution in [-0.2, 0) is 9.59 Å². The number of hydrogen-bond acceptors (Lipinski definition) is 2. The summed E-state index contributed by atoms with van der Waals surface area (Å²) in [6.07, 6.45) is 0. The monoisotopic (exact) mass is 283 g/mol. The van der Waals surface area contributed by atoms with Gasteiger partial charge in [0, 0.05) is 6.07 Å². The first-order valence-corrected chi connectivity index (χ1v) is 6.15. The molecule has 6 heteroatoms. The molecule has 0 heterocycles. The van der Waals surface area contributed by atoms with E-state index < -0.39 is 40.8 Å². The van der Waals surface area contributed by atoms with Crippen molar-refractivity contribution in [2.24, 2.45) is 17.3 Å². The predicted molar refractivity (Wildman–Crippen MR) is 68.1 cm³/mol. The Morgan fingerprint density at radius 1 is 1.20 bits per heavy atom. The van der Waals surface area contributed by atoms with Gasteiger partial charge in [-0.2, -0.15) is 0 Å². The zero-order valence-corrected chi connectivity index (χ0v) is 11.3. The van der Waals surface area contributed by atoms with Crippen molar-refractivity contribution in [1.29, 1.82) is 0 Å². The van der Waals surface area contributed by atoms with Crippen LogP contribution in [-0.4, -0.2) is 17.0 Å². The van der Waals surface area contributed by atoms with Gasteiger partial charge in [0.1, 0.15) is 11.6 Å². The van der Waals surface area contributed by atoms with E-state index in [9.17, 15) is 18.4 Å². The topological polar surface area (TPSA) is 66.4 Å². The van der Waals surface area contributed by atoms with Gasteiger partial charge in [-0.3, -0.25) is 9.59 Å². The molecule has 1 saturated carbocycles. The van der Waals surface area contributed by atoms with Crippen LogP contribution in [0.15, 0.2) is 12.1 Å². The number of aryl methyl sites for hydroxylation is 1. The Hall–Kier alpha value is -1.98. The molecule has 0 spiro atoms. The molecule has 20 heavy (non-hydrogen) atoms. The lowest BCUT2D eigenvalue weighted by Gasteiger charge is -2.08. The lowest BCUT2D eigenvalue weighted by molar-refractivity contribution is -0.140. The number of rotatable bonds is 3. The van der Waals surface area contributed by atoms with Gasteiger partial charge in [-0.1, -0.05) is 13.8 Å². The van der Waals surface area contributed by atoms with E-state index in [0.29, 0.717) is 0 Å². The number of carboxylic acids is 1. The Kier molecular flexibility index (Phi) is 3.28. The number of hydrogen-bond donors (Lipinski definition) is 2. The van der Waals surface area contributed by atoms with Crippen molar-refractivity contribution < 1.29 is 23.5 Å². The minimum atomic E-state index is -1.06. The maximum atomic E-state index is 13.6. The lowest BCUT2D eigenvalue weighted by Crippen LogP contribution is -2.18. The van der Waals surface area contributed by atoms with Crippen LogP contribution >= 0.6 is 0 Å². The summed E-state index contributed by atoms with van der Waals surface area (Å²) in [6, 6.07) is 1.88. The van der Waals surface area contributed by atoms with Crippen molar-refractivity contribution in [1.82, 2.24) is 0 Å². The molecule has 1 fully saturated rings. The van der Waals surface area contributed by atoms with Crippen molar-refractivity contribution in [2.45, 2.75) is 20.8 Å². The Morgan fingerprint density at radius 3 is 2.30 bits per heavy atom. The van der Waals surface area contributed by atoms with Gasteiger partial charge in [0.2, 0.25) is 5.91 Å². The maximum Gasteiger partial charge on any atom is 0.307 e. The van der Waals surface area contributed by atoms with Crippen molar-refractivity contribution in [3.05, 3.63) is 29.3 Å². The number of benzene rings is 1. The third-order valence-electron chi connectivity index (χ3n) is 3.88. The van der Waals surface area contributed by atoms with Gasteiger partial charge in [0.15, 0.2) is 0 Å². The number of nitrogens with one attached hydrogen (secondary N) is 1. The molecule has 108 valence electrons. The maximum absolute atomic E-state index is 13.6. The van der Waals surface area contributed by atoms with E-state index >= 15 is 0 Å². The van der Waals surface area contributed by atoms with Crippen LogP contribution in [0.1, 0.15) is 19.4 Å². The van der Waals surface area contributed by atoms with Gasteiger partial charge in [-0.15, -0.1) is 0 Å². The first-order chi connectivity index (χ1) is 9.16. The van der Waals surface area contributed by atoms with Crippen molar-refractivity contribution in [2.75, 3.05) is 5.32 Å². The van der Waals surface area contributed by atoms with Crippen LogP contribution in [0.3, 0.4) is 0 Å². The number of aliphatic carboxylic acids is 1. The Balaban J connectivity index is 2.18. The summed E-state index contributed by atoms with van der Waals surface area (Å²) in [4.78, 5) is 23.0. The van der Waals surface area contributed by atoms with E-state index in [1.165, 1.54) is 6.92 Å². The quantitative estimate of drug-likeness (QED) is 0.896. The summed E-state index contributed by atoms with van der Waals surface area (Å²) in [5, 5.41) is 11.3. The summed E-state index contributed by atoms with van der Waals surface area (Å²) in [7, 11) is 0. The standard InChI is InChI=1S/C14H15F2NO3/c1-6-4-8(16)9(5-7(6)15)17-12(18)10-11(13(19)20)14(10,2)3/h4-5,10-11H,1-3H3,(H,17,18)(H,19,20)/t10-,11+/m1/s1. The van der Waals surface area contributed by atoms with E-state index in [0.717, 1.165) is 12.1 Å². The molecule has 0 saturated heterocycles. The number of amides is 1. The Bertz CT molecular complexity index is 598. The van der Waals surface area contributed by atoms with Crippen molar-refractivity contribution in [3.63, 3.8) is 0 Å². The van der Waals surface area contributed by atoms with Crippen molar-refractivity contribution in [3.8, 4) is 0 Å². The molecular weight excluding hydrogens is 268 g/mol. The van der Waals surface area contributed by atoms with Gasteiger partial charge in [-0.25, -0.2) is 8.78 Å². The molecule has 0 bridgehead atoms. The zero-order valence-electron chi connectivity index (χ0n) is 11.3. The normalized spacial score (nSPS) is 23.2. The van der Waals surface area contributed by atoms with Gasteiger partial charge >= 0.3 is 5.97 Å². The fourth-order valence-electron chi connectivity index (χ4n) is 2.54. The average molecular weight is 283 g/mol. The summed E-state index contributed by atoms with van der Waals surface area (Å²) in [5.41, 5.74) is -0.823. The Labute approximate surface area is 114 Å². The van der Waals surface area contributed by atoms with E-state index in [1.807, 2.05) is 0 Å². The molecule has 0 aliphatic heterocycles. The highest BCUT2D eigenvalue weighted by Crippen LogP contribution is 2.58. The molecule has 0 aromatic heterocycles. The third kappa shape index (κ3) is 2.26. The van der Waals surface area contributed by atoms with Crippen LogP contribution in [0, 0.1) is 35.8 Å². The lowest BCUT2D eigenvalue weighted by atomic mass is 10.1. The van der Waals surface area contributed by atoms with Gasteiger partial charge in [0.25, 0.3) is 0 Å². The largest absolute Gasteiger partial charge is 0.481 e. The summed E-state index contributed by atoms with van der Waals surface area (Å²) >= 11 is 0. The predicted octanol–water partition coefficient (Wildman–Crippen LogP) is 2.57. The number of anilines is 1. The first-order valence-electron chi connectivity index (χ1n) is 6.15. The minimum Gasteiger partial charge on any atom is -0.481 e. The van der Waals surface area contributed by atoms with Crippen LogP contribution < -0.4 is 5.32 Å². The molecular formula is C14H15F2NO3. The van der Waals surface area contributed by atoms with Gasteiger partial charge in [-0.05, 0) is 24.0 Å².